The summed E-state index contributed by atoms with van der Waals surface area (Å²) in [6.45, 7) is 6.39. The van der Waals surface area contributed by atoms with Gasteiger partial charge in [-0.15, -0.1) is 0 Å². The molecular weight excluding hydrogens is 865 g/mol. The highest BCUT2D eigenvalue weighted by Crippen LogP contribution is 2.15. The van der Waals surface area contributed by atoms with Gasteiger partial charge in [-0.25, -0.2) is 0 Å². The van der Waals surface area contributed by atoms with E-state index in [-0.39, 0.29) is 31.1 Å². The lowest BCUT2D eigenvalue weighted by Gasteiger charge is -2.18. The highest BCUT2D eigenvalue weighted by atomic mass is 16.6. The van der Waals surface area contributed by atoms with Gasteiger partial charge in [0.05, 0.1) is 0 Å². The molecule has 0 aromatic rings. The van der Waals surface area contributed by atoms with E-state index in [2.05, 4.69) is 118 Å². The van der Waals surface area contributed by atoms with Crippen molar-refractivity contribution in [3.8, 4) is 0 Å². The molecule has 0 amide bonds. The summed E-state index contributed by atoms with van der Waals surface area (Å²) in [6, 6.07) is 0. The first-order valence-electron chi connectivity index (χ1n) is 29.2. The summed E-state index contributed by atoms with van der Waals surface area (Å²) in [5, 5.41) is 0. The third-order valence-electron chi connectivity index (χ3n) is 12.3. The number of hydrogen-bond donors (Lipinski definition) is 0. The molecule has 70 heavy (non-hydrogen) atoms. The van der Waals surface area contributed by atoms with E-state index in [4.69, 9.17) is 14.2 Å². The Morgan fingerprint density at radius 2 is 0.571 bits per heavy atom. The van der Waals surface area contributed by atoms with Gasteiger partial charge in [-0.3, -0.25) is 14.4 Å². The van der Waals surface area contributed by atoms with Crippen LogP contribution in [0.5, 0.6) is 0 Å². The molecule has 0 radical (unpaired) electrons. The Morgan fingerprint density at radius 3 is 0.914 bits per heavy atom. The van der Waals surface area contributed by atoms with Crippen LogP contribution in [-0.2, 0) is 28.6 Å². The van der Waals surface area contributed by atoms with Gasteiger partial charge >= 0.3 is 17.9 Å². The number of carbonyl (C=O) groups is 3. The normalized spacial score (nSPS) is 12.8. The van der Waals surface area contributed by atoms with Crippen LogP contribution >= 0.6 is 0 Å². The second-order valence-electron chi connectivity index (χ2n) is 19.2. The molecule has 400 valence electrons. The fourth-order valence-electron chi connectivity index (χ4n) is 7.93. The number of esters is 3. The molecule has 0 saturated heterocycles. The van der Waals surface area contributed by atoms with E-state index in [1.54, 1.807) is 0 Å². The standard InChI is InChI=1S/C64H108O6/c1-4-7-10-13-15-17-19-21-23-24-25-26-27-28-29-30-31-32-33-34-35-36-37-38-39-40-41-43-44-46-48-51-54-57-63(66)69-60-61(59-68-62(65)56-53-50-12-9-6-3)70-64(67)58-55-52-49-47-45-42-22-20-18-16-14-11-8-5-2/h7,10,14-17,20-23,25-26,28-29,31-32,61H,4-6,8-9,11-13,18-19,24,27,30,33-60H2,1-3H3/b10-7-,16-14-,17-15-,22-20-,23-21-,26-25-,29-28-,32-31-. The van der Waals surface area contributed by atoms with Crippen molar-refractivity contribution in [1.82, 2.24) is 0 Å². The Labute approximate surface area is 432 Å². The van der Waals surface area contributed by atoms with Gasteiger partial charge in [0.1, 0.15) is 13.2 Å². The van der Waals surface area contributed by atoms with Crippen LogP contribution in [0.15, 0.2) is 97.2 Å². The van der Waals surface area contributed by atoms with Crippen molar-refractivity contribution in [2.75, 3.05) is 13.2 Å². The molecule has 0 heterocycles. The third-order valence-corrected chi connectivity index (χ3v) is 12.3. The van der Waals surface area contributed by atoms with Crippen LogP contribution in [0.3, 0.4) is 0 Å². The minimum atomic E-state index is -0.779. The van der Waals surface area contributed by atoms with Crippen LogP contribution in [0, 0.1) is 0 Å². The highest BCUT2D eigenvalue weighted by Gasteiger charge is 2.19. The Kier molecular flexibility index (Phi) is 54.9. The largest absolute Gasteiger partial charge is 0.462 e. The first-order valence-corrected chi connectivity index (χ1v) is 29.2. The lowest BCUT2D eigenvalue weighted by Crippen LogP contribution is -2.30. The number of hydrogen-bond acceptors (Lipinski definition) is 6. The van der Waals surface area contributed by atoms with Crippen molar-refractivity contribution in [3.63, 3.8) is 0 Å². The molecule has 0 aromatic carbocycles. The molecule has 0 aliphatic rings. The van der Waals surface area contributed by atoms with Crippen LogP contribution in [0.1, 0.15) is 271 Å². The number of unbranched alkanes of at least 4 members (excludes halogenated alkanes) is 25. The zero-order valence-corrected chi connectivity index (χ0v) is 45.8. The molecule has 0 aliphatic heterocycles. The van der Waals surface area contributed by atoms with Crippen LogP contribution in [0.25, 0.3) is 0 Å². The van der Waals surface area contributed by atoms with E-state index >= 15 is 0 Å². The van der Waals surface area contributed by atoms with Crippen molar-refractivity contribution >= 4 is 17.9 Å². The summed E-state index contributed by atoms with van der Waals surface area (Å²) >= 11 is 0. The molecule has 0 aromatic heterocycles. The second-order valence-corrected chi connectivity index (χ2v) is 19.2. The average Bonchev–Trinajstić information content (AvgIpc) is 3.36. The topological polar surface area (TPSA) is 78.9 Å². The molecule has 0 saturated carbocycles. The maximum absolute atomic E-state index is 12.7. The molecule has 0 N–H and O–H groups in total. The Balaban J connectivity index is 3.98. The van der Waals surface area contributed by atoms with E-state index < -0.39 is 6.10 Å². The van der Waals surface area contributed by atoms with Gasteiger partial charge in [0, 0.05) is 19.3 Å². The zero-order valence-electron chi connectivity index (χ0n) is 45.8. The fraction of sp³-hybridized carbons (Fsp3) is 0.703. The number of allylic oxidation sites excluding steroid dienone is 16. The van der Waals surface area contributed by atoms with Gasteiger partial charge in [-0.1, -0.05) is 253 Å². The van der Waals surface area contributed by atoms with Crippen LogP contribution in [0.4, 0.5) is 0 Å². The summed E-state index contributed by atoms with van der Waals surface area (Å²) < 4.78 is 16.7. The van der Waals surface area contributed by atoms with Gasteiger partial charge < -0.3 is 14.2 Å². The lowest BCUT2D eigenvalue weighted by molar-refractivity contribution is -0.167. The van der Waals surface area contributed by atoms with Gasteiger partial charge in [-0.05, 0) is 96.3 Å². The minimum absolute atomic E-state index is 0.0819. The first-order chi connectivity index (χ1) is 34.5. The summed E-state index contributed by atoms with van der Waals surface area (Å²) in [5.41, 5.74) is 0. The molecule has 6 heteroatoms. The van der Waals surface area contributed by atoms with Crippen molar-refractivity contribution in [2.45, 2.75) is 277 Å². The monoisotopic (exact) mass is 973 g/mol. The molecule has 1 unspecified atom stereocenters. The summed E-state index contributed by atoms with van der Waals surface area (Å²) in [5.74, 6) is -0.908. The minimum Gasteiger partial charge on any atom is -0.462 e. The van der Waals surface area contributed by atoms with Crippen LogP contribution < -0.4 is 0 Å². The molecule has 0 bridgehead atoms. The van der Waals surface area contributed by atoms with Gasteiger partial charge in [-0.2, -0.15) is 0 Å². The van der Waals surface area contributed by atoms with E-state index in [1.807, 2.05) is 0 Å². The van der Waals surface area contributed by atoms with Gasteiger partial charge in [0.25, 0.3) is 0 Å². The summed E-state index contributed by atoms with van der Waals surface area (Å²) in [7, 11) is 0. The van der Waals surface area contributed by atoms with E-state index in [0.717, 1.165) is 128 Å². The number of ether oxygens (including phenoxy) is 3. The number of carbonyl (C=O) groups excluding carboxylic acids is 3. The number of rotatable bonds is 52. The molecule has 1 atom stereocenters. The summed E-state index contributed by atoms with van der Waals surface area (Å²) in [4.78, 5) is 37.7. The molecule has 0 fully saturated rings. The Morgan fingerprint density at radius 1 is 0.300 bits per heavy atom. The van der Waals surface area contributed by atoms with E-state index in [0.29, 0.717) is 19.3 Å². The molecule has 0 aliphatic carbocycles. The predicted octanol–water partition coefficient (Wildman–Crippen LogP) is 19.7. The Hall–Kier alpha value is -3.67. The average molecular weight is 974 g/mol. The third kappa shape index (κ3) is 55.3. The summed E-state index contributed by atoms with van der Waals surface area (Å²) in [6.07, 6.45) is 77.4. The van der Waals surface area contributed by atoms with E-state index in [9.17, 15) is 14.4 Å². The quantitative estimate of drug-likeness (QED) is 0.0262. The van der Waals surface area contributed by atoms with Crippen molar-refractivity contribution < 1.29 is 28.6 Å². The van der Waals surface area contributed by atoms with E-state index in [1.165, 1.54) is 103 Å². The predicted molar refractivity (Wildman–Crippen MR) is 302 cm³/mol. The van der Waals surface area contributed by atoms with Crippen molar-refractivity contribution in [2.24, 2.45) is 0 Å². The van der Waals surface area contributed by atoms with Crippen molar-refractivity contribution in [3.05, 3.63) is 97.2 Å². The molecule has 0 rings (SSSR count). The van der Waals surface area contributed by atoms with Crippen LogP contribution in [0.2, 0.25) is 0 Å². The Bertz CT molecular complexity index is 1400. The SMILES string of the molecule is CC/C=C\C/C=C\C/C=C\C/C=C\C/C=C\C/C=C\CCCCCCCCCCCCCCCCC(=O)OCC(COC(=O)CCCCCCC)OC(=O)CCCCCCC/C=C\C/C=C\CCCC. The molecule has 0 spiro atoms. The highest BCUT2D eigenvalue weighted by molar-refractivity contribution is 5.71. The maximum atomic E-state index is 12.7. The second kappa shape index (κ2) is 57.9. The molecular formula is C64H108O6. The zero-order chi connectivity index (χ0) is 50.7. The first kappa shape index (κ1) is 66.3. The lowest BCUT2D eigenvalue weighted by atomic mass is 10.0. The molecule has 6 nitrogen and oxygen atoms in total. The smallest absolute Gasteiger partial charge is 0.306 e. The van der Waals surface area contributed by atoms with Gasteiger partial charge in [0.15, 0.2) is 6.10 Å². The van der Waals surface area contributed by atoms with Crippen molar-refractivity contribution in [1.29, 1.82) is 0 Å². The van der Waals surface area contributed by atoms with Crippen LogP contribution in [-0.4, -0.2) is 37.2 Å². The maximum Gasteiger partial charge on any atom is 0.306 e. The van der Waals surface area contributed by atoms with Gasteiger partial charge in [0.2, 0.25) is 0 Å². The fourth-order valence-corrected chi connectivity index (χ4v) is 7.93.